The first-order chi connectivity index (χ1) is 13.1. The summed E-state index contributed by atoms with van der Waals surface area (Å²) in [4.78, 5) is 11.0. The smallest absolute Gasteiger partial charge is 0.335 e. The molecule has 2 aliphatic carbocycles. The highest BCUT2D eigenvalue weighted by Crippen LogP contribution is 2.48. The number of rotatable bonds is 8. The second-order valence-electron chi connectivity index (χ2n) is 8.95. The second kappa shape index (κ2) is 9.71. The Bertz CT molecular complexity index is 627. The van der Waals surface area contributed by atoms with Crippen LogP contribution >= 0.6 is 0 Å². The molecule has 4 atom stereocenters. The molecular formula is C24H35FO2. The van der Waals surface area contributed by atoms with E-state index in [4.69, 9.17) is 5.11 Å². The summed E-state index contributed by atoms with van der Waals surface area (Å²) < 4.78 is 14.4. The zero-order valence-corrected chi connectivity index (χ0v) is 16.8. The highest BCUT2D eigenvalue weighted by Gasteiger charge is 2.36. The van der Waals surface area contributed by atoms with Crippen LogP contribution in [0.15, 0.2) is 18.2 Å². The van der Waals surface area contributed by atoms with Crippen LogP contribution in [0.3, 0.4) is 0 Å². The van der Waals surface area contributed by atoms with E-state index >= 15 is 0 Å². The monoisotopic (exact) mass is 374 g/mol. The fourth-order valence-corrected chi connectivity index (χ4v) is 5.56. The molecule has 27 heavy (non-hydrogen) atoms. The van der Waals surface area contributed by atoms with Gasteiger partial charge in [-0.15, -0.1) is 0 Å². The number of carboxylic acids is 1. The molecule has 3 heteroatoms. The minimum absolute atomic E-state index is 0.0457. The summed E-state index contributed by atoms with van der Waals surface area (Å²) in [5.74, 6) is 1.35. The lowest BCUT2D eigenvalue weighted by Crippen LogP contribution is -2.30. The molecule has 0 bridgehead atoms. The van der Waals surface area contributed by atoms with E-state index in [-0.39, 0.29) is 17.3 Å². The minimum atomic E-state index is -1.06. The summed E-state index contributed by atoms with van der Waals surface area (Å²) in [7, 11) is 0. The van der Waals surface area contributed by atoms with Crippen LogP contribution in [0.2, 0.25) is 0 Å². The van der Waals surface area contributed by atoms with Crippen molar-refractivity contribution in [2.75, 3.05) is 0 Å². The van der Waals surface area contributed by atoms with Gasteiger partial charge in [0, 0.05) is 0 Å². The Morgan fingerprint density at radius 1 is 1.04 bits per heavy atom. The SMILES string of the molecule is CCCCCCC[C@H]1CC[C@@H]2CC(c3ccc(C(=O)O)cc3F)CC[C@H]2C1. The molecule has 2 fully saturated rings. The number of carboxylic acid groups (broad SMARTS) is 1. The first kappa shape index (κ1) is 20.4. The summed E-state index contributed by atoms with van der Waals surface area (Å²) >= 11 is 0. The zero-order valence-electron chi connectivity index (χ0n) is 16.8. The van der Waals surface area contributed by atoms with Crippen molar-refractivity contribution in [3.63, 3.8) is 0 Å². The summed E-state index contributed by atoms with van der Waals surface area (Å²) in [5.41, 5.74) is 0.779. The Kier molecular flexibility index (Phi) is 7.32. The maximum Gasteiger partial charge on any atom is 0.335 e. The Labute approximate surface area is 163 Å². The average Bonchev–Trinajstić information content (AvgIpc) is 2.67. The van der Waals surface area contributed by atoms with Gasteiger partial charge in [0.2, 0.25) is 0 Å². The Hall–Kier alpha value is -1.38. The molecule has 0 radical (unpaired) electrons. The number of benzene rings is 1. The van der Waals surface area contributed by atoms with Gasteiger partial charge in [-0.05, 0) is 73.5 Å². The van der Waals surface area contributed by atoms with Gasteiger partial charge in [0.25, 0.3) is 0 Å². The van der Waals surface area contributed by atoms with Crippen molar-refractivity contribution in [1.82, 2.24) is 0 Å². The van der Waals surface area contributed by atoms with Crippen LogP contribution in [0.1, 0.15) is 106 Å². The third kappa shape index (κ3) is 5.33. The van der Waals surface area contributed by atoms with Gasteiger partial charge in [-0.2, -0.15) is 0 Å². The van der Waals surface area contributed by atoms with Gasteiger partial charge in [-0.25, -0.2) is 9.18 Å². The molecule has 0 spiro atoms. The number of halogens is 1. The van der Waals surface area contributed by atoms with Crippen molar-refractivity contribution in [2.24, 2.45) is 17.8 Å². The molecule has 2 nitrogen and oxygen atoms in total. The van der Waals surface area contributed by atoms with Crippen LogP contribution in [-0.2, 0) is 0 Å². The van der Waals surface area contributed by atoms with Crippen LogP contribution in [-0.4, -0.2) is 11.1 Å². The lowest BCUT2D eigenvalue weighted by Gasteiger charge is -2.42. The highest BCUT2D eigenvalue weighted by molar-refractivity contribution is 5.87. The largest absolute Gasteiger partial charge is 0.478 e. The third-order valence-electron chi connectivity index (χ3n) is 7.12. The van der Waals surface area contributed by atoms with E-state index in [9.17, 15) is 9.18 Å². The van der Waals surface area contributed by atoms with Gasteiger partial charge in [0.05, 0.1) is 5.56 Å². The van der Waals surface area contributed by atoms with Crippen molar-refractivity contribution in [3.05, 3.63) is 35.1 Å². The topological polar surface area (TPSA) is 37.3 Å². The van der Waals surface area contributed by atoms with E-state index in [1.165, 1.54) is 70.3 Å². The van der Waals surface area contributed by atoms with E-state index in [1.807, 2.05) is 0 Å². The number of unbranched alkanes of at least 4 members (excludes halogenated alkanes) is 4. The number of fused-ring (bicyclic) bond motifs is 1. The van der Waals surface area contributed by atoms with E-state index < -0.39 is 5.97 Å². The van der Waals surface area contributed by atoms with Gasteiger partial charge >= 0.3 is 5.97 Å². The summed E-state index contributed by atoms with van der Waals surface area (Å²) in [5, 5.41) is 9.03. The second-order valence-corrected chi connectivity index (χ2v) is 8.95. The molecule has 3 rings (SSSR count). The van der Waals surface area contributed by atoms with Crippen LogP contribution in [0.4, 0.5) is 4.39 Å². The van der Waals surface area contributed by atoms with E-state index in [0.717, 1.165) is 36.2 Å². The highest BCUT2D eigenvalue weighted by atomic mass is 19.1. The van der Waals surface area contributed by atoms with Crippen LogP contribution in [0.25, 0.3) is 0 Å². The number of hydrogen-bond donors (Lipinski definition) is 1. The average molecular weight is 375 g/mol. The standard InChI is InChI=1S/C24H35FO2/c1-2-3-4-5-6-7-17-8-9-19-15-20(11-10-18(19)14-17)22-13-12-21(24(26)27)16-23(22)25/h12-13,16-20H,2-11,14-15H2,1H3,(H,26,27)/t17-,18-,19+,20?/m0/s1. The third-order valence-corrected chi connectivity index (χ3v) is 7.12. The minimum Gasteiger partial charge on any atom is -0.478 e. The van der Waals surface area contributed by atoms with E-state index in [0.29, 0.717) is 0 Å². The van der Waals surface area contributed by atoms with Crippen molar-refractivity contribution < 1.29 is 14.3 Å². The molecule has 0 amide bonds. The van der Waals surface area contributed by atoms with Crippen LogP contribution in [0.5, 0.6) is 0 Å². The van der Waals surface area contributed by atoms with Crippen LogP contribution < -0.4 is 0 Å². The number of carbonyl (C=O) groups is 1. The van der Waals surface area contributed by atoms with Crippen molar-refractivity contribution in [3.8, 4) is 0 Å². The van der Waals surface area contributed by atoms with Gasteiger partial charge < -0.3 is 5.11 Å². The molecule has 1 N–H and O–H groups in total. The Balaban J connectivity index is 1.50. The molecule has 0 aromatic heterocycles. The first-order valence-electron chi connectivity index (χ1n) is 11.1. The van der Waals surface area contributed by atoms with Gasteiger partial charge in [0.15, 0.2) is 0 Å². The van der Waals surface area contributed by atoms with Gasteiger partial charge in [0.1, 0.15) is 5.82 Å². The zero-order chi connectivity index (χ0) is 19.2. The fraction of sp³-hybridized carbons (Fsp3) is 0.708. The molecule has 2 saturated carbocycles. The maximum atomic E-state index is 14.4. The molecule has 1 aromatic rings. The summed E-state index contributed by atoms with van der Waals surface area (Å²) in [6, 6.07) is 4.47. The molecule has 2 aliphatic rings. The van der Waals surface area contributed by atoms with Gasteiger partial charge in [-0.3, -0.25) is 0 Å². The molecule has 150 valence electrons. The van der Waals surface area contributed by atoms with Crippen molar-refractivity contribution in [1.29, 1.82) is 0 Å². The Morgan fingerprint density at radius 2 is 1.78 bits per heavy atom. The number of aromatic carboxylic acids is 1. The molecule has 0 aliphatic heterocycles. The van der Waals surface area contributed by atoms with Crippen molar-refractivity contribution >= 4 is 5.97 Å². The quantitative estimate of drug-likeness (QED) is 0.489. The summed E-state index contributed by atoms with van der Waals surface area (Å²) in [6.45, 7) is 2.27. The summed E-state index contributed by atoms with van der Waals surface area (Å²) in [6.07, 6.45) is 15.6. The molecule has 0 saturated heterocycles. The predicted molar refractivity (Wildman–Crippen MR) is 108 cm³/mol. The lowest BCUT2D eigenvalue weighted by atomic mass is 9.63. The number of hydrogen-bond acceptors (Lipinski definition) is 1. The molecule has 0 heterocycles. The van der Waals surface area contributed by atoms with Crippen molar-refractivity contribution in [2.45, 2.75) is 89.9 Å². The Morgan fingerprint density at radius 3 is 2.52 bits per heavy atom. The molecule has 1 aromatic carbocycles. The lowest BCUT2D eigenvalue weighted by molar-refractivity contribution is 0.0696. The molecule has 1 unspecified atom stereocenters. The van der Waals surface area contributed by atoms with E-state index in [2.05, 4.69) is 6.92 Å². The normalized spacial score (nSPS) is 27.9. The fourth-order valence-electron chi connectivity index (χ4n) is 5.56. The first-order valence-corrected chi connectivity index (χ1v) is 11.1. The molecular weight excluding hydrogens is 339 g/mol. The maximum absolute atomic E-state index is 14.4. The van der Waals surface area contributed by atoms with Gasteiger partial charge in [-0.1, -0.05) is 57.9 Å². The van der Waals surface area contributed by atoms with E-state index in [1.54, 1.807) is 12.1 Å². The van der Waals surface area contributed by atoms with Crippen LogP contribution in [0, 0.1) is 23.6 Å². The predicted octanol–water partition coefficient (Wildman–Crippen LogP) is 7.18.